The number of carbonyl (C=O) groups excluding carboxylic acids is 1. The average molecular weight is 406 g/mol. The monoisotopic (exact) mass is 405 g/mol. The van der Waals surface area contributed by atoms with Crippen molar-refractivity contribution >= 4 is 34.9 Å². The first-order chi connectivity index (χ1) is 12.9. The van der Waals surface area contributed by atoms with Gasteiger partial charge in [-0.3, -0.25) is 10.1 Å². The zero-order valence-corrected chi connectivity index (χ0v) is 15.6. The Kier molecular flexibility index (Phi) is 5.48. The van der Waals surface area contributed by atoms with Crippen molar-refractivity contribution in [2.75, 3.05) is 0 Å². The summed E-state index contributed by atoms with van der Waals surface area (Å²) in [7, 11) is 0. The van der Waals surface area contributed by atoms with Gasteiger partial charge in [0, 0.05) is 17.2 Å². The molecule has 0 atom stereocenters. The fourth-order valence-electron chi connectivity index (χ4n) is 2.45. The van der Waals surface area contributed by atoms with Crippen LogP contribution in [0.4, 0.5) is 5.69 Å². The van der Waals surface area contributed by atoms with Gasteiger partial charge in [0.1, 0.15) is 18.1 Å². The number of rotatable bonds is 5. The summed E-state index contributed by atoms with van der Waals surface area (Å²) >= 11 is 12.2. The van der Waals surface area contributed by atoms with E-state index in [1.807, 2.05) is 0 Å². The quantitative estimate of drug-likeness (QED) is 0.303. The topological polar surface area (TPSA) is 82.6 Å². The van der Waals surface area contributed by atoms with Crippen LogP contribution in [-0.4, -0.2) is 10.9 Å². The Labute approximate surface area is 164 Å². The lowest BCUT2D eigenvalue weighted by Gasteiger charge is -2.05. The average Bonchev–Trinajstić information content (AvgIpc) is 3.11. The summed E-state index contributed by atoms with van der Waals surface area (Å²) in [5.41, 5.74) is 1.04. The molecule has 0 radical (unpaired) electrons. The van der Waals surface area contributed by atoms with Crippen molar-refractivity contribution in [1.29, 1.82) is 0 Å². The Morgan fingerprint density at radius 3 is 2.70 bits per heavy atom. The standard InChI is InChI=1S/C19H13Cl2NO5/c1-11-5-6-12(9-16(11)22(24)25)19(23)26-10-13-7-8-17(27-13)14-3-2-4-15(20)18(14)21/h2-9H,10H2,1H3. The van der Waals surface area contributed by atoms with Crippen LogP contribution in [0.25, 0.3) is 11.3 Å². The van der Waals surface area contributed by atoms with Crippen LogP contribution < -0.4 is 0 Å². The van der Waals surface area contributed by atoms with Gasteiger partial charge in [-0.15, -0.1) is 0 Å². The van der Waals surface area contributed by atoms with Crippen molar-refractivity contribution in [2.45, 2.75) is 13.5 Å². The fraction of sp³-hybridized carbons (Fsp3) is 0.105. The van der Waals surface area contributed by atoms with Crippen molar-refractivity contribution < 1.29 is 18.9 Å². The molecule has 0 aliphatic rings. The van der Waals surface area contributed by atoms with Crippen molar-refractivity contribution in [2.24, 2.45) is 0 Å². The van der Waals surface area contributed by atoms with E-state index in [4.69, 9.17) is 32.4 Å². The Morgan fingerprint density at radius 2 is 1.96 bits per heavy atom. The molecule has 0 bridgehead atoms. The molecular weight excluding hydrogens is 393 g/mol. The van der Waals surface area contributed by atoms with Gasteiger partial charge in [-0.05, 0) is 37.3 Å². The van der Waals surface area contributed by atoms with Gasteiger partial charge < -0.3 is 9.15 Å². The molecule has 1 heterocycles. The van der Waals surface area contributed by atoms with Crippen molar-refractivity contribution in [3.05, 3.63) is 85.6 Å². The van der Waals surface area contributed by atoms with Gasteiger partial charge in [0.25, 0.3) is 5.69 Å². The summed E-state index contributed by atoms with van der Waals surface area (Å²) in [5, 5.41) is 11.8. The zero-order chi connectivity index (χ0) is 19.6. The van der Waals surface area contributed by atoms with E-state index in [1.54, 1.807) is 37.3 Å². The highest BCUT2D eigenvalue weighted by Gasteiger charge is 2.17. The molecule has 0 amide bonds. The van der Waals surface area contributed by atoms with Crippen LogP contribution in [0.1, 0.15) is 21.7 Å². The molecule has 0 saturated heterocycles. The summed E-state index contributed by atoms with van der Waals surface area (Å²) in [6.07, 6.45) is 0. The number of nitro benzene ring substituents is 1. The smallest absolute Gasteiger partial charge is 0.338 e. The number of hydrogen-bond donors (Lipinski definition) is 0. The Morgan fingerprint density at radius 1 is 1.19 bits per heavy atom. The lowest BCUT2D eigenvalue weighted by atomic mass is 10.1. The highest BCUT2D eigenvalue weighted by molar-refractivity contribution is 6.43. The molecule has 0 aliphatic carbocycles. The summed E-state index contributed by atoms with van der Waals surface area (Å²) in [6.45, 7) is 1.47. The molecule has 2 aromatic carbocycles. The van der Waals surface area contributed by atoms with Crippen LogP contribution in [0.3, 0.4) is 0 Å². The van der Waals surface area contributed by atoms with E-state index in [1.165, 1.54) is 18.2 Å². The molecule has 27 heavy (non-hydrogen) atoms. The van der Waals surface area contributed by atoms with E-state index >= 15 is 0 Å². The minimum Gasteiger partial charge on any atom is -0.457 e. The largest absolute Gasteiger partial charge is 0.457 e. The number of esters is 1. The predicted molar refractivity (Wildman–Crippen MR) is 101 cm³/mol. The summed E-state index contributed by atoms with van der Waals surface area (Å²) in [4.78, 5) is 22.6. The molecule has 1 aromatic heterocycles. The lowest BCUT2D eigenvalue weighted by Crippen LogP contribution is -2.06. The van der Waals surface area contributed by atoms with E-state index in [-0.39, 0.29) is 17.9 Å². The van der Waals surface area contributed by atoms with E-state index in [2.05, 4.69) is 0 Å². The minimum absolute atomic E-state index is 0.0944. The number of carbonyl (C=O) groups is 1. The lowest BCUT2D eigenvalue weighted by molar-refractivity contribution is -0.385. The Balaban J connectivity index is 1.72. The molecule has 0 fully saturated rings. The maximum Gasteiger partial charge on any atom is 0.338 e. The third-order valence-electron chi connectivity index (χ3n) is 3.87. The number of aryl methyl sites for hydroxylation is 1. The summed E-state index contributed by atoms with van der Waals surface area (Å²) in [6, 6.07) is 12.7. The van der Waals surface area contributed by atoms with Gasteiger partial charge in [0.15, 0.2) is 0 Å². The van der Waals surface area contributed by atoms with Crippen LogP contribution in [0, 0.1) is 17.0 Å². The molecule has 0 aliphatic heterocycles. The zero-order valence-electron chi connectivity index (χ0n) is 14.1. The highest BCUT2D eigenvalue weighted by atomic mass is 35.5. The number of benzene rings is 2. The summed E-state index contributed by atoms with van der Waals surface area (Å²) < 4.78 is 10.8. The minimum atomic E-state index is -0.683. The number of nitrogens with zero attached hydrogens (tertiary/aromatic N) is 1. The molecule has 6 nitrogen and oxygen atoms in total. The van der Waals surface area contributed by atoms with E-state index in [9.17, 15) is 14.9 Å². The van der Waals surface area contributed by atoms with Gasteiger partial charge >= 0.3 is 5.97 Å². The molecule has 8 heteroatoms. The molecular formula is C19H13Cl2NO5. The van der Waals surface area contributed by atoms with Crippen LogP contribution in [-0.2, 0) is 11.3 Å². The Hall–Kier alpha value is -2.83. The fourth-order valence-corrected chi connectivity index (χ4v) is 2.84. The van der Waals surface area contributed by atoms with Gasteiger partial charge in [-0.2, -0.15) is 0 Å². The van der Waals surface area contributed by atoms with Crippen molar-refractivity contribution in [3.63, 3.8) is 0 Å². The first-order valence-corrected chi connectivity index (χ1v) is 8.57. The van der Waals surface area contributed by atoms with Crippen LogP contribution in [0.5, 0.6) is 0 Å². The first kappa shape index (κ1) is 18.9. The molecule has 0 saturated carbocycles. The highest BCUT2D eigenvalue weighted by Crippen LogP contribution is 2.34. The number of furan rings is 1. The summed E-state index contributed by atoms with van der Waals surface area (Å²) in [5.74, 6) is 0.201. The van der Waals surface area contributed by atoms with Crippen LogP contribution >= 0.6 is 23.2 Å². The number of hydrogen-bond acceptors (Lipinski definition) is 5. The third-order valence-corrected chi connectivity index (χ3v) is 4.68. The van der Waals surface area contributed by atoms with E-state index in [0.29, 0.717) is 32.7 Å². The molecule has 3 aromatic rings. The van der Waals surface area contributed by atoms with E-state index in [0.717, 1.165) is 0 Å². The van der Waals surface area contributed by atoms with E-state index < -0.39 is 10.9 Å². The van der Waals surface area contributed by atoms with Gasteiger partial charge in [-0.1, -0.05) is 35.3 Å². The SMILES string of the molecule is Cc1ccc(C(=O)OCc2ccc(-c3cccc(Cl)c3Cl)o2)cc1[N+](=O)[O-]. The molecule has 0 N–H and O–H groups in total. The number of ether oxygens (including phenoxy) is 1. The third kappa shape index (κ3) is 4.13. The second-order valence-electron chi connectivity index (χ2n) is 5.70. The predicted octanol–water partition coefficient (Wildman–Crippen LogP) is 5.83. The number of halogens is 2. The second-order valence-corrected chi connectivity index (χ2v) is 6.49. The van der Waals surface area contributed by atoms with Gasteiger partial charge in [0.05, 0.1) is 20.5 Å². The maximum atomic E-state index is 12.2. The maximum absolute atomic E-state index is 12.2. The van der Waals surface area contributed by atoms with Crippen LogP contribution in [0.2, 0.25) is 10.0 Å². The van der Waals surface area contributed by atoms with Gasteiger partial charge in [0.2, 0.25) is 0 Å². The molecule has 0 spiro atoms. The molecule has 138 valence electrons. The second kappa shape index (κ2) is 7.82. The normalized spacial score (nSPS) is 10.6. The number of nitro groups is 1. The van der Waals surface area contributed by atoms with Crippen LogP contribution in [0.15, 0.2) is 52.9 Å². The molecule has 3 rings (SSSR count). The first-order valence-electron chi connectivity index (χ1n) is 7.82. The van der Waals surface area contributed by atoms with Crippen molar-refractivity contribution in [3.8, 4) is 11.3 Å². The van der Waals surface area contributed by atoms with Crippen molar-refractivity contribution in [1.82, 2.24) is 0 Å². The molecule has 0 unspecified atom stereocenters. The van der Waals surface area contributed by atoms with Gasteiger partial charge in [-0.25, -0.2) is 4.79 Å². The Bertz CT molecular complexity index is 1030.